The molecule has 1 aliphatic carbocycles. The number of fused-ring (bicyclic) bond motifs is 3. The number of rotatable bonds is 23. The molecule has 60 heavy (non-hydrogen) atoms. The molecule has 0 heterocycles. The maximum Gasteiger partial charge on any atom is 0.311 e. The van der Waals surface area contributed by atoms with Gasteiger partial charge in [0.2, 0.25) is 5.91 Å². The zero-order valence-electron chi connectivity index (χ0n) is 35.3. The van der Waals surface area contributed by atoms with Crippen LogP contribution in [0.2, 0.25) is 5.02 Å². The van der Waals surface area contributed by atoms with Gasteiger partial charge in [-0.2, -0.15) is 0 Å². The summed E-state index contributed by atoms with van der Waals surface area (Å²) in [4.78, 5) is 41.4. The molecule has 314 valence electrons. The molecule has 0 aliphatic heterocycles. The molecule has 7 heteroatoms. The van der Waals surface area contributed by atoms with Crippen LogP contribution in [0.25, 0.3) is 11.1 Å². The van der Waals surface area contributed by atoms with Crippen molar-refractivity contribution >= 4 is 29.4 Å². The van der Waals surface area contributed by atoms with Crippen LogP contribution >= 0.6 is 11.6 Å². The third-order valence-electron chi connectivity index (χ3n) is 11.8. The summed E-state index contributed by atoms with van der Waals surface area (Å²) < 4.78 is 12.9. The summed E-state index contributed by atoms with van der Waals surface area (Å²) in [6.45, 7) is 4.90. The molecule has 0 aromatic heterocycles. The fourth-order valence-electron chi connectivity index (χ4n) is 8.52. The highest BCUT2D eigenvalue weighted by Crippen LogP contribution is 2.46. The minimum atomic E-state index is -1.41. The molecule has 6 rings (SSSR count). The van der Waals surface area contributed by atoms with Crippen molar-refractivity contribution < 1.29 is 23.9 Å². The summed E-state index contributed by atoms with van der Waals surface area (Å²) in [5.41, 5.74) is 6.28. The summed E-state index contributed by atoms with van der Waals surface area (Å²) in [6, 6.07) is 41.4. The lowest BCUT2D eigenvalue weighted by atomic mass is 9.79. The maximum atomic E-state index is 14.9. The van der Waals surface area contributed by atoms with Crippen LogP contribution in [0, 0.1) is 12.8 Å². The predicted octanol–water partition coefficient (Wildman–Crippen LogP) is 12.7. The van der Waals surface area contributed by atoms with E-state index in [0.29, 0.717) is 42.8 Å². The van der Waals surface area contributed by atoms with Crippen molar-refractivity contribution in [3.8, 4) is 11.1 Å². The van der Waals surface area contributed by atoms with Crippen molar-refractivity contribution in [1.82, 2.24) is 5.32 Å². The molecule has 0 radical (unpaired) electrons. The first-order chi connectivity index (χ1) is 29.3. The van der Waals surface area contributed by atoms with Crippen LogP contribution in [0.4, 0.5) is 0 Å². The van der Waals surface area contributed by atoms with Gasteiger partial charge in [-0.1, -0.05) is 197 Å². The average Bonchev–Trinajstić information content (AvgIpc) is 3.59. The van der Waals surface area contributed by atoms with Crippen LogP contribution in [-0.4, -0.2) is 31.0 Å². The van der Waals surface area contributed by atoms with Crippen LogP contribution in [-0.2, 0) is 29.5 Å². The summed E-state index contributed by atoms with van der Waals surface area (Å²) >= 11 is 6.98. The Bertz CT molecular complexity index is 2110. The molecular formula is C53H60ClNO5. The van der Waals surface area contributed by atoms with E-state index >= 15 is 0 Å². The number of halogens is 1. The predicted molar refractivity (Wildman–Crippen MR) is 242 cm³/mol. The zero-order chi connectivity index (χ0) is 42.2. The Hall–Kier alpha value is -5.20. The number of amides is 1. The van der Waals surface area contributed by atoms with Crippen LogP contribution in [0.15, 0.2) is 127 Å². The first-order valence-corrected chi connectivity index (χ1v) is 22.4. The third kappa shape index (κ3) is 11.3. The molecule has 1 unspecified atom stereocenters. The van der Waals surface area contributed by atoms with E-state index in [1.165, 1.54) is 38.5 Å². The number of hydrogen-bond donors (Lipinski definition) is 1. The normalized spacial score (nSPS) is 13.4. The molecule has 0 saturated carbocycles. The molecular weight excluding hydrogens is 766 g/mol. The van der Waals surface area contributed by atoms with Gasteiger partial charge in [-0.15, -0.1) is 0 Å². The first kappa shape index (κ1) is 44.4. The molecule has 5 aromatic carbocycles. The number of carbonyl (C=O) groups excluding carboxylic acids is 3. The maximum absolute atomic E-state index is 14.9. The number of hydrogen-bond acceptors (Lipinski definition) is 5. The number of aryl methyl sites for hydroxylation is 1. The summed E-state index contributed by atoms with van der Waals surface area (Å²) in [5.74, 6) is -1.85. The quantitative estimate of drug-likeness (QED) is 0.0403. The van der Waals surface area contributed by atoms with E-state index in [2.05, 4.69) is 36.5 Å². The minimum absolute atomic E-state index is 0.0565. The van der Waals surface area contributed by atoms with Gasteiger partial charge in [-0.25, -0.2) is 0 Å². The molecule has 0 saturated heterocycles. The molecule has 1 amide bonds. The third-order valence-corrected chi connectivity index (χ3v) is 12.2. The molecule has 6 nitrogen and oxygen atoms in total. The number of unbranched alkanes of at least 4 members (excludes halogenated alkanes) is 8. The smallest absolute Gasteiger partial charge is 0.311 e. The summed E-state index contributed by atoms with van der Waals surface area (Å²) in [5, 5.41) is 3.51. The van der Waals surface area contributed by atoms with Gasteiger partial charge in [-0.05, 0) is 54.5 Å². The molecule has 0 spiro atoms. The molecule has 1 aliphatic rings. The van der Waals surface area contributed by atoms with Crippen LogP contribution in [0.3, 0.4) is 0 Å². The van der Waals surface area contributed by atoms with Gasteiger partial charge in [0.05, 0.1) is 12.3 Å². The van der Waals surface area contributed by atoms with E-state index in [4.69, 9.17) is 21.1 Å². The Kier molecular flexibility index (Phi) is 16.6. The van der Waals surface area contributed by atoms with Crippen molar-refractivity contribution in [2.75, 3.05) is 13.2 Å². The number of esters is 2. The van der Waals surface area contributed by atoms with Gasteiger partial charge >= 0.3 is 11.9 Å². The van der Waals surface area contributed by atoms with E-state index in [0.717, 1.165) is 51.8 Å². The Labute approximate surface area is 362 Å². The van der Waals surface area contributed by atoms with Crippen LogP contribution < -0.4 is 5.32 Å². The summed E-state index contributed by atoms with van der Waals surface area (Å²) in [6.07, 6.45) is 11.5. The number of carbonyl (C=O) groups is 3. The van der Waals surface area contributed by atoms with Gasteiger partial charge in [0, 0.05) is 40.6 Å². The fourth-order valence-corrected chi connectivity index (χ4v) is 8.79. The van der Waals surface area contributed by atoms with Gasteiger partial charge in [0.25, 0.3) is 0 Å². The van der Waals surface area contributed by atoms with Crippen molar-refractivity contribution in [2.24, 2.45) is 5.92 Å². The van der Waals surface area contributed by atoms with Gasteiger partial charge < -0.3 is 14.8 Å². The second-order valence-electron chi connectivity index (χ2n) is 16.2. The molecule has 5 aromatic rings. The largest absolute Gasteiger partial charge is 0.465 e. The second kappa shape index (κ2) is 22.4. The van der Waals surface area contributed by atoms with Crippen LogP contribution in [0.1, 0.15) is 130 Å². The lowest BCUT2D eigenvalue weighted by Crippen LogP contribution is -2.38. The Morgan fingerprint density at radius 3 is 1.92 bits per heavy atom. The molecule has 0 bridgehead atoms. The van der Waals surface area contributed by atoms with Crippen molar-refractivity contribution in [3.05, 3.63) is 166 Å². The van der Waals surface area contributed by atoms with Crippen molar-refractivity contribution in [2.45, 2.75) is 109 Å². The highest BCUT2D eigenvalue weighted by Gasteiger charge is 2.44. The van der Waals surface area contributed by atoms with Gasteiger partial charge in [0.1, 0.15) is 6.61 Å². The first-order valence-electron chi connectivity index (χ1n) is 22.0. The Morgan fingerprint density at radius 1 is 0.667 bits per heavy atom. The lowest BCUT2D eigenvalue weighted by Gasteiger charge is -2.37. The lowest BCUT2D eigenvalue weighted by molar-refractivity contribution is -0.163. The monoisotopic (exact) mass is 825 g/mol. The van der Waals surface area contributed by atoms with Crippen molar-refractivity contribution in [3.63, 3.8) is 0 Å². The van der Waals surface area contributed by atoms with E-state index in [1.807, 2.05) is 104 Å². The highest BCUT2D eigenvalue weighted by molar-refractivity contribution is 6.31. The standard InChI is InChI=1S/C53H60ClNO5/c1-3-4-5-6-7-8-9-13-31-50(56)55-36-21-20-22-40(37-51(57)59-38-47-45-27-16-14-25-43(45)44-26-15-17-28-46(44)47)52(58)60-53(41-23-11-10-12-24-41,42-34-32-39(2)33-35-42)48-29-18-19-30-49(48)54/h10-12,14-19,23-30,32-35,40,47H,3-9,13,20-22,31,36-38H2,1-2H3,(H,55,56)/t40-,53?/m1/s1. The van der Waals surface area contributed by atoms with Gasteiger partial charge in [-0.3, -0.25) is 14.4 Å². The summed E-state index contributed by atoms with van der Waals surface area (Å²) in [7, 11) is 0. The second-order valence-corrected chi connectivity index (χ2v) is 16.6. The molecule has 2 atom stereocenters. The molecule has 1 N–H and O–H groups in total. The topological polar surface area (TPSA) is 81.7 Å². The number of benzene rings is 5. The van der Waals surface area contributed by atoms with Crippen LogP contribution in [0.5, 0.6) is 0 Å². The van der Waals surface area contributed by atoms with Crippen molar-refractivity contribution in [1.29, 1.82) is 0 Å². The number of ether oxygens (including phenoxy) is 2. The highest BCUT2D eigenvalue weighted by atomic mass is 35.5. The van der Waals surface area contributed by atoms with Gasteiger partial charge in [0.15, 0.2) is 5.60 Å². The number of nitrogens with one attached hydrogen (secondary N) is 1. The Morgan fingerprint density at radius 2 is 1.25 bits per heavy atom. The SMILES string of the molecule is CCCCCCCCCCC(=O)NCCCC[C@H](CC(=O)OCC1c2ccccc2-c2ccccc21)C(=O)OC(c1ccccc1)(c1ccc(C)cc1)c1ccccc1Cl. The fraction of sp³-hybridized carbons (Fsp3) is 0.377. The van der Waals surface area contributed by atoms with E-state index in [9.17, 15) is 14.4 Å². The van der Waals surface area contributed by atoms with E-state index in [-0.39, 0.29) is 24.9 Å². The average molecular weight is 827 g/mol. The molecule has 0 fully saturated rings. The minimum Gasteiger partial charge on any atom is -0.465 e. The van der Waals surface area contributed by atoms with E-state index < -0.39 is 23.5 Å². The Balaban J connectivity index is 1.18. The zero-order valence-corrected chi connectivity index (χ0v) is 36.1. The van der Waals surface area contributed by atoms with E-state index in [1.54, 1.807) is 6.07 Å².